The lowest BCUT2D eigenvalue weighted by Crippen LogP contribution is -2.04. The van der Waals surface area contributed by atoms with E-state index in [0.717, 1.165) is 15.6 Å². The van der Waals surface area contributed by atoms with Crippen molar-refractivity contribution < 1.29 is 14.5 Å². The number of benzene rings is 2. The maximum atomic E-state index is 11.6. The number of rotatable bonds is 4. The molecule has 0 spiro atoms. The van der Waals surface area contributed by atoms with Crippen molar-refractivity contribution in [3.63, 3.8) is 0 Å². The van der Waals surface area contributed by atoms with E-state index in [2.05, 4.69) is 25.7 Å². The molecule has 0 saturated heterocycles. The van der Waals surface area contributed by atoms with Crippen molar-refractivity contribution in [2.75, 3.05) is 7.11 Å². The van der Waals surface area contributed by atoms with Crippen LogP contribution in [0.15, 0.2) is 65.3 Å². The van der Waals surface area contributed by atoms with E-state index >= 15 is 0 Å². The van der Waals surface area contributed by atoms with E-state index in [1.807, 2.05) is 36.4 Å². The Hall–Kier alpha value is -3.06. The second kappa shape index (κ2) is 7.45. The van der Waals surface area contributed by atoms with E-state index in [4.69, 9.17) is 0 Å². The molecule has 0 amide bonds. The van der Waals surface area contributed by atoms with Gasteiger partial charge in [-0.1, -0.05) is 52.3 Å². The summed E-state index contributed by atoms with van der Waals surface area (Å²) in [5.74, 6) is -0.669. The zero-order chi connectivity index (χ0) is 18.7. The quantitative estimate of drug-likeness (QED) is 0.346. The third-order valence-corrected chi connectivity index (χ3v) is 4.35. The van der Waals surface area contributed by atoms with Gasteiger partial charge in [-0.05, 0) is 23.3 Å². The predicted molar refractivity (Wildman–Crippen MR) is 101 cm³/mol. The van der Waals surface area contributed by atoms with Gasteiger partial charge in [0.05, 0.1) is 17.6 Å². The third-order valence-electron chi connectivity index (χ3n) is 3.82. The normalized spacial score (nSPS) is 10.4. The molecule has 26 heavy (non-hydrogen) atoms. The van der Waals surface area contributed by atoms with Crippen LogP contribution in [0.2, 0.25) is 0 Å². The lowest BCUT2D eigenvalue weighted by atomic mass is 10.0. The van der Waals surface area contributed by atoms with Gasteiger partial charge in [-0.15, -0.1) is 0 Å². The summed E-state index contributed by atoms with van der Waals surface area (Å²) in [4.78, 5) is 26.5. The Kier molecular flexibility index (Phi) is 5.09. The highest BCUT2D eigenvalue weighted by Gasteiger charge is 2.20. The van der Waals surface area contributed by atoms with Gasteiger partial charge in [0.15, 0.2) is 0 Å². The molecule has 3 aromatic rings. The summed E-state index contributed by atoms with van der Waals surface area (Å²) >= 11 is 3.40. The van der Waals surface area contributed by atoms with Gasteiger partial charge in [0.2, 0.25) is 0 Å². The molecule has 6 nitrogen and oxygen atoms in total. The fraction of sp³-hybridized carbons (Fsp3) is 0.0526. The molecule has 7 heteroatoms. The van der Waals surface area contributed by atoms with Gasteiger partial charge in [-0.25, -0.2) is 9.78 Å². The summed E-state index contributed by atoms with van der Waals surface area (Å²) in [7, 11) is 1.21. The predicted octanol–water partition coefficient (Wildman–Crippen LogP) is 4.87. The number of carbonyl (C=O) groups excluding carboxylic acids is 1. The number of ether oxygens (including phenoxy) is 1. The van der Waals surface area contributed by atoms with Crippen LogP contribution >= 0.6 is 15.9 Å². The van der Waals surface area contributed by atoms with Crippen LogP contribution in [0.25, 0.3) is 22.4 Å². The molecule has 0 unspecified atom stereocenters. The van der Waals surface area contributed by atoms with E-state index in [1.165, 1.54) is 19.4 Å². The summed E-state index contributed by atoms with van der Waals surface area (Å²) < 4.78 is 5.57. The molecule has 2 aromatic carbocycles. The van der Waals surface area contributed by atoms with Crippen molar-refractivity contribution in [2.24, 2.45) is 0 Å². The Morgan fingerprint density at radius 2 is 1.58 bits per heavy atom. The molecule has 130 valence electrons. The fourth-order valence-electron chi connectivity index (χ4n) is 2.51. The van der Waals surface area contributed by atoms with Crippen molar-refractivity contribution in [3.8, 4) is 22.4 Å². The number of esters is 1. The van der Waals surface area contributed by atoms with E-state index in [0.29, 0.717) is 5.56 Å². The van der Waals surface area contributed by atoms with Crippen molar-refractivity contribution in [1.29, 1.82) is 0 Å². The number of halogens is 1. The summed E-state index contributed by atoms with van der Waals surface area (Å²) in [6.45, 7) is 0. The second-order valence-corrected chi connectivity index (χ2v) is 6.34. The highest BCUT2D eigenvalue weighted by molar-refractivity contribution is 9.10. The zero-order valence-electron chi connectivity index (χ0n) is 13.7. The lowest BCUT2D eigenvalue weighted by molar-refractivity contribution is -0.384. The first-order valence-electron chi connectivity index (χ1n) is 7.58. The molecule has 0 N–H and O–H groups in total. The van der Waals surface area contributed by atoms with Crippen LogP contribution in [0, 0.1) is 10.1 Å². The number of hydrogen-bond acceptors (Lipinski definition) is 5. The Morgan fingerprint density at radius 3 is 2.12 bits per heavy atom. The zero-order valence-corrected chi connectivity index (χ0v) is 15.3. The van der Waals surface area contributed by atoms with Crippen LogP contribution in [-0.2, 0) is 4.74 Å². The monoisotopic (exact) mass is 412 g/mol. The van der Waals surface area contributed by atoms with Gasteiger partial charge in [0.1, 0.15) is 5.69 Å². The largest absolute Gasteiger partial charge is 0.465 e. The van der Waals surface area contributed by atoms with Gasteiger partial charge < -0.3 is 4.74 Å². The summed E-state index contributed by atoms with van der Waals surface area (Å²) in [6, 6.07) is 16.3. The first kappa shape index (κ1) is 17.8. The smallest absolute Gasteiger partial charge is 0.339 e. The number of hydrogen-bond donors (Lipinski definition) is 0. The van der Waals surface area contributed by atoms with Crippen molar-refractivity contribution in [3.05, 3.63) is 80.9 Å². The highest BCUT2D eigenvalue weighted by atomic mass is 79.9. The number of nitrogens with zero attached hydrogens (tertiary/aromatic N) is 2. The minimum absolute atomic E-state index is 0.0365. The Labute approximate surface area is 157 Å². The van der Waals surface area contributed by atoms with Crippen LogP contribution in [0.4, 0.5) is 5.69 Å². The van der Waals surface area contributed by atoms with Crippen LogP contribution < -0.4 is 0 Å². The molecule has 1 aromatic heterocycles. The molecule has 0 aliphatic carbocycles. The topological polar surface area (TPSA) is 82.3 Å². The van der Waals surface area contributed by atoms with Gasteiger partial charge in [0.25, 0.3) is 5.69 Å². The Bertz CT molecular complexity index is 970. The van der Waals surface area contributed by atoms with Crippen LogP contribution in [0.5, 0.6) is 0 Å². The first-order valence-corrected chi connectivity index (χ1v) is 8.38. The lowest BCUT2D eigenvalue weighted by Gasteiger charge is -2.06. The number of pyridine rings is 1. The van der Waals surface area contributed by atoms with Crippen molar-refractivity contribution in [1.82, 2.24) is 4.98 Å². The summed E-state index contributed by atoms with van der Waals surface area (Å²) in [5, 5.41) is 11.4. The van der Waals surface area contributed by atoms with Gasteiger partial charge in [0, 0.05) is 22.3 Å². The molecule has 0 fully saturated rings. The number of aromatic nitrogens is 1. The number of methoxy groups -OCH3 is 1. The maximum Gasteiger partial charge on any atom is 0.339 e. The minimum Gasteiger partial charge on any atom is -0.465 e. The molecule has 0 aliphatic heterocycles. The van der Waals surface area contributed by atoms with Gasteiger partial charge in [-0.3, -0.25) is 10.1 Å². The Balaban J connectivity index is 1.99. The summed E-state index contributed by atoms with van der Waals surface area (Å²) in [5.41, 5.74) is 2.59. The van der Waals surface area contributed by atoms with Crippen LogP contribution in [-0.4, -0.2) is 23.0 Å². The molecular weight excluding hydrogens is 400 g/mol. The van der Waals surface area contributed by atoms with Crippen LogP contribution in [0.3, 0.4) is 0 Å². The molecule has 0 saturated carbocycles. The molecule has 3 rings (SSSR count). The van der Waals surface area contributed by atoms with E-state index in [9.17, 15) is 14.9 Å². The molecule has 0 radical (unpaired) electrons. The Morgan fingerprint density at radius 1 is 1.04 bits per heavy atom. The number of carbonyl (C=O) groups is 1. The SMILES string of the molecule is COC(=O)c1cnc(-c2ccc(-c3ccc(Br)cc3)cc2)c([N+](=O)[O-])c1. The second-order valence-electron chi connectivity index (χ2n) is 5.42. The van der Waals surface area contributed by atoms with Crippen LogP contribution in [0.1, 0.15) is 10.4 Å². The molecule has 0 bridgehead atoms. The van der Waals surface area contributed by atoms with E-state index in [1.54, 1.807) is 12.1 Å². The first-order chi connectivity index (χ1) is 12.5. The van der Waals surface area contributed by atoms with Crippen molar-refractivity contribution >= 4 is 27.6 Å². The van der Waals surface area contributed by atoms with Crippen molar-refractivity contribution in [2.45, 2.75) is 0 Å². The van der Waals surface area contributed by atoms with E-state index in [-0.39, 0.29) is 16.9 Å². The highest BCUT2D eigenvalue weighted by Crippen LogP contribution is 2.30. The molecule has 0 atom stereocenters. The standard InChI is InChI=1S/C19H13BrN2O4/c1-26-19(23)15-10-17(22(24)25)18(21-11-15)14-4-2-12(3-5-14)13-6-8-16(20)9-7-13/h2-11H,1H3. The maximum absolute atomic E-state index is 11.6. The average molecular weight is 413 g/mol. The summed E-state index contributed by atoms with van der Waals surface area (Å²) in [6.07, 6.45) is 1.27. The molecule has 1 heterocycles. The molecular formula is C19H13BrN2O4. The number of nitro groups is 1. The average Bonchev–Trinajstić information content (AvgIpc) is 2.67. The fourth-order valence-corrected chi connectivity index (χ4v) is 2.77. The molecule has 0 aliphatic rings. The van der Waals surface area contributed by atoms with Gasteiger partial charge >= 0.3 is 5.97 Å². The minimum atomic E-state index is -0.669. The third kappa shape index (κ3) is 3.62. The van der Waals surface area contributed by atoms with E-state index < -0.39 is 10.9 Å². The van der Waals surface area contributed by atoms with Gasteiger partial charge in [-0.2, -0.15) is 0 Å².